The van der Waals surface area contributed by atoms with E-state index in [1.54, 1.807) is 0 Å². The summed E-state index contributed by atoms with van der Waals surface area (Å²) < 4.78 is 11.2. The van der Waals surface area contributed by atoms with Gasteiger partial charge in [-0.3, -0.25) is 0 Å². The Morgan fingerprint density at radius 1 is 0.438 bits per heavy atom. The Labute approximate surface area is 198 Å². The molecule has 0 N–H and O–H groups in total. The van der Waals surface area contributed by atoms with Gasteiger partial charge in [0.2, 0.25) is 0 Å². The molecule has 0 atom stereocenters. The maximum atomic E-state index is 12.9. The lowest BCUT2D eigenvalue weighted by Gasteiger charge is -2.15. The number of hydrogen-bond donors (Lipinski definition) is 0. The Kier molecular flexibility index (Phi) is 21.9. The summed E-state index contributed by atoms with van der Waals surface area (Å²) in [5, 5.41) is 0. The van der Waals surface area contributed by atoms with E-state index in [-0.39, 0.29) is 11.9 Å². The van der Waals surface area contributed by atoms with Crippen LogP contribution in [0.1, 0.15) is 143 Å². The summed E-state index contributed by atoms with van der Waals surface area (Å²) in [7, 11) is 0. The smallest absolute Gasteiger partial charge is 0.334 e. The summed E-state index contributed by atoms with van der Waals surface area (Å²) in [4.78, 5) is 25.8. The Hall–Kier alpha value is -1.32. The Morgan fingerprint density at radius 3 is 1.09 bits per heavy atom. The van der Waals surface area contributed by atoms with Crippen LogP contribution in [0.5, 0.6) is 0 Å². The van der Waals surface area contributed by atoms with Gasteiger partial charge < -0.3 is 9.47 Å². The van der Waals surface area contributed by atoms with Gasteiger partial charge in [0.25, 0.3) is 0 Å². The number of unbranched alkanes of at least 4 members (excludes halogenated alkanes) is 12. The van der Waals surface area contributed by atoms with Crippen LogP contribution in [0.25, 0.3) is 0 Å². The number of rotatable bonds is 22. The fourth-order valence-electron chi connectivity index (χ4n) is 3.73. The minimum atomic E-state index is -0.311. The molecule has 0 heterocycles. The van der Waals surface area contributed by atoms with Crippen LogP contribution >= 0.6 is 0 Å². The van der Waals surface area contributed by atoms with Crippen LogP contribution < -0.4 is 0 Å². The predicted octanol–water partition coefficient (Wildman–Crippen LogP) is 8.47. The molecule has 0 unspecified atom stereocenters. The van der Waals surface area contributed by atoms with Crippen molar-refractivity contribution < 1.29 is 19.1 Å². The van der Waals surface area contributed by atoms with Crippen molar-refractivity contribution in [1.82, 2.24) is 0 Å². The third-order valence-corrected chi connectivity index (χ3v) is 5.88. The second kappa shape index (κ2) is 22.9. The molecule has 0 rings (SSSR count). The van der Waals surface area contributed by atoms with Gasteiger partial charge in [0.1, 0.15) is 0 Å². The van der Waals surface area contributed by atoms with E-state index in [0.717, 1.165) is 51.4 Å². The lowest BCUT2D eigenvalue weighted by Crippen LogP contribution is -2.18. The molecular weight excluding hydrogens is 400 g/mol. The predicted molar refractivity (Wildman–Crippen MR) is 135 cm³/mol. The standard InChI is InChI=1S/C28H52O4/c1-5-9-13-15-17-19-23-31-27(29)25(21-11-7-3)26(22-12-8-4)28(30)32-24-20-18-16-14-10-6-2/h5-24H2,1-4H3. The first kappa shape index (κ1) is 30.7. The molecule has 32 heavy (non-hydrogen) atoms. The Balaban J connectivity index is 4.86. The summed E-state index contributed by atoms with van der Waals surface area (Å²) >= 11 is 0. The van der Waals surface area contributed by atoms with Gasteiger partial charge in [-0.15, -0.1) is 0 Å². The number of carbonyl (C=O) groups excluding carboxylic acids is 2. The number of ether oxygens (including phenoxy) is 2. The van der Waals surface area contributed by atoms with Crippen LogP contribution in [0.3, 0.4) is 0 Å². The van der Waals surface area contributed by atoms with E-state index in [2.05, 4.69) is 27.7 Å². The molecule has 0 amide bonds. The highest BCUT2D eigenvalue weighted by Crippen LogP contribution is 2.22. The molecule has 0 radical (unpaired) electrons. The highest BCUT2D eigenvalue weighted by Gasteiger charge is 2.22. The van der Waals surface area contributed by atoms with Crippen molar-refractivity contribution in [3.63, 3.8) is 0 Å². The fraction of sp³-hybridized carbons (Fsp3) is 0.857. The summed E-state index contributed by atoms with van der Waals surface area (Å²) in [6, 6.07) is 0. The normalized spacial score (nSPS) is 11.9. The van der Waals surface area contributed by atoms with E-state index in [1.807, 2.05) is 0 Å². The molecule has 0 aliphatic rings. The van der Waals surface area contributed by atoms with E-state index in [1.165, 1.54) is 51.4 Å². The first-order valence-corrected chi connectivity index (χ1v) is 13.7. The zero-order valence-corrected chi connectivity index (χ0v) is 21.8. The average molecular weight is 453 g/mol. The van der Waals surface area contributed by atoms with Crippen LogP contribution in [0.4, 0.5) is 0 Å². The van der Waals surface area contributed by atoms with Gasteiger partial charge in [-0.2, -0.15) is 0 Å². The number of esters is 2. The molecule has 0 saturated carbocycles. The molecule has 0 spiro atoms. The minimum absolute atomic E-state index is 0.311. The van der Waals surface area contributed by atoms with Crippen LogP contribution in [0.2, 0.25) is 0 Å². The van der Waals surface area contributed by atoms with Gasteiger partial charge in [-0.1, -0.05) is 105 Å². The van der Waals surface area contributed by atoms with Crippen molar-refractivity contribution in [3.05, 3.63) is 11.1 Å². The van der Waals surface area contributed by atoms with Gasteiger partial charge in [-0.25, -0.2) is 9.59 Å². The molecule has 0 aliphatic heterocycles. The lowest BCUT2D eigenvalue weighted by atomic mass is 9.98. The molecule has 0 bridgehead atoms. The maximum absolute atomic E-state index is 12.9. The highest BCUT2D eigenvalue weighted by molar-refractivity contribution is 6.00. The summed E-state index contributed by atoms with van der Waals surface area (Å²) in [6.45, 7) is 9.49. The van der Waals surface area contributed by atoms with Crippen molar-refractivity contribution >= 4 is 11.9 Å². The Bertz CT molecular complexity index is 452. The third-order valence-electron chi connectivity index (χ3n) is 5.88. The SMILES string of the molecule is CCCCCCCCOC(=O)C(CCCC)=C(CCCC)C(=O)OCCCCCCCC. The molecule has 0 saturated heterocycles. The summed E-state index contributed by atoms with van der Waals surface area (Å²) in [5.74, 6) is -0.621. The molecule has 0 aromatic carbocycles. The lowest BCUT2D eigenvalue weighted by molar-refractivity contribution is -0.142. The first-order chi connectivity index (χ1) is 15.6. The maximum Gasteiger partial charge on any atom is 0.334 e. The van der Waals surface area contributed by atoms with Gasteiger partial charge in [0.15, 0.2) is 0 Å². The minimum Gasteiger partial charge on any atom is -0.462 e. The first-order valence-electron chi connectivity index (χ1n) is 13.7. The quantitative estimate of drug-likeness (QED) is 0.0938. The molecule has 0 aromatic rings. The van der Waals surface area contributed by atoms with E-state index in [4.69, 9.17) is 9.47 Å². The summed E-state index contributed by atoms with van der Waals surface area (Å²) in [6.07, 6.45) is 18.7. The van der Waals surface area contributed by atoms with Crippen molar-refractivity contribution in [2.75, 3.05) is 13.2 Å². The number of hydrogen-bond acceptors (Lipinski definition) is 4. The second-order valence-electron chi connectivity index (χ2n) is 8.97. The Morgan fingerprint density at radius 2 is 0.750 bits per heavy atom. The van der Waals surface area contributed by atoms with Crippen LogP contribution in [-0.4, -0.2) is 25.2 Å². The van der Waals surface area contributed by atoms with Crippen LogP contribution in [0, 0.1) is 0 Å². The van der Waals surface area contributed by atoms with E-state index in [0.29, 0.717) is 37.2 Å². The highest BCUT2D eigenvalue weighted by atomic mass is 16.5. The van der Waals surface area contributed by atoms with Crippen molar-refractivity contribution in [2.24, 2.45) is 0 Å². The second-order valence-corrected chi connectivity index (χ2v) is 8.97. The van der Waals surface area contributed by atoms with Crippen LogP contribution in [-0.2, 0) is 19.1 Å². The summed E-state index contributed by atoms with van der Waals surface area (Å²) in [5.41, 5.74) is 1.11. The third kappa shape index (κ3) is 16.3. The number of carbonyl (C=O) groups is 2. The fourth-order valence-corrected chi connectivity index (χ4v) is 3.73. The van der Waals surface area contributed by atoms with Crippen LogP contribution in [0.15, 0.2) is 11.1 Å². The molecule has 188 valence electrons. The largest absolute Gasteiger partial charge is 0.462 e. The van der Waals surface area contributed by atoms with Gasteiger partial charge in [0.05, 0.1) is 13.2 Å². The molecule has 0 aromatic heterocycles. The van der Waals surface area contributed by atoms with Crippen molar-refractivity contribution in [1.29, 1.82) is 0 Å². The van der Waals surface area contributed by atoms with E-state index >= 15 is 0 Å². The topological polar surface area (TPSA) is 52.6 Å². The zero-order chi connectivity index (χ0) is 23.9. The molecular formula is C28H52O4. The van der Waals surface area contributed by atoms with Gasteiger partial charge in [-0.05, 0) is 38.5 Å². The molecule has 0 fully saturated rings. The molecule has 4 nitrogen and oxygen atoms in total. The van der Waals surface area contributed by atoms with Gasteiger partial charge >= 0.3 is 11.9 Å². The molecule has 4 heteroatoms. The zero-order valence-electron chi connectivity index (χ0n) is 21.8. The van der Waals surface area contributed by atoms with E-state index < -0.39 is 0 Å². The van der Waals surface area contributed by atoms with Gasteiger partial charge in [0, 0.05) is 11.1 Å². The van der Waals surface area contributed by atoms with Crippen molar-refractivity contribution in [2.45, 2.75) is 143 Å². The van der Waals surface area contributed by atoms with E-state index in [9.17, 15) is 9.59 Å². The molecule has 0 aliphatic carbocycles. The monoisotopic (exact) mass is 452 g/mol. The average Bonchev–Trinajstić information content (AvgIpc) is 2.79. The van der Waals surface area contributed by atoms with Crippen molar-refractivity contribution in [3.8, 4) is 0 Å².